The largest absolute Gasteiger partial charge is 0.477 e. The molecule has 0 radical (unpaired) electrons. The molecule has 0 spiro atoms. The number of carbonyl (C=O) groups excluding carboxylic acids is 2. The highest BCUT2D eigenvalue weighted by Crippen LogP contribution is 2.14. The van der Waals surface area contributed by atoms with Gasteiger partial charge in [0.2, 0.25) is 0 Å². The van der Waals surface area contributed by atoms with Crippen LogP contribution in [0.5, 0.6) is 0 Å². The van der Waals surface area contributed by atoms with Gasteiger partial charge in [-0.15, -0.1) is 0 Å². The number of carboxylic acid groups (broad SMARTS) is 1. The van der Waals surface area contributed by atoms with E-state index in [9.17, 15) is 14.4 Å². The van der Waals surface area contributed by atoms with Gasteiger partial charge < -0.3 is 10.4 Å². The smallest absolute Gasteiger partial charge is 0.354 e. The Morgan fingerprint density at radius 1 is 1.45 bits per heavy atom. The predicted octanol–water partition coefficient (Wildman–Crippen LogP) is 1.00. The van der Waals surface area contributed by atoms with Crippen molar-refractivity contribution in [3.8, 4) is 0 Å². The topological polar surface area (TPSA) is 99.6 Å². The van der Waals surface area contributed by atoms with Crippen molar-refractivity contribution >= 4 is 17.9 Å². The summed E-state index contributed by atoms with van der Waals surface area (Å²) in [5.74, 6) is -1.44. The predicted molar refractivity (Wildman–Crippen MR) is 69.0 cm³/mol. The Balaban J connectivity index is 2.13. The maximum atomic E-state index is 12.0. The van der Waals surface area contributed by atoms with Crippen LogP contribution in [0.2, 0.25) is 0 Å². The zero-order valence-electron chi connectivity index (χ0n) is 11.0. The van der Waals surface area contributed by atoms with Crippen molar-refractivity contribution in [1.29, 1.82) is 0 Å². The standard InChI is InChI=1S/C13H15N3O4/c1-2-4-9-11(17)16(13(20)15-9)7-8-5-3-6-10(14-8)12(18)19/h3,5-6,9H,2,4,7H2,1H3,(H,15,20)(H,18,19). The number of urea groups is 1. The summed E-state index contributed by atoms with van der Waals surface area (Å²) in [6, 6.07) is 3.53. The maximum Gasteiger partial charge on any atom is 0.354 e. The number of pyridine rings is 1. The summed E-state index contributed by atoms with van der Waals surface area (Å²) in [6.45, 7) is 1.91. The SMILES string of the molecule is CCCC1NC(=O)N(Cc2cccc(C(=O)O)n2)C1=O. The van der Waals surface area contributed by atoms with Crippen LogP contribution in [0, 0.1) is 0 Å². The second-order valence-corrected chi connectivity index (χ2v) is 4.53. The van der Waals surface area contributed by atoms with Crippen LogP contribution in [-0.4, -0.2) is 38.9 Å². The first kappa shape index (κ1) is 14.0. The number of carbonyl (C=O) groups is 3. The zero-order valence-corrected chi connectivity index (χ0v) is 11.0. The van der Waals surface area contributed by atoms with E-state index in [0.717, 1.165) is 11.3 Å². The van der Waals surface area contributed by atoms with Gasteiger partial charge in [-0.25, -0.2) is 14.6 Å². The first-order chi connectivity index (χ1) is 9.52. The van der Waals surface area contributed by atoms with Gasteiger partial charge in [-0.2, -0.15) is 0 Å². The van der Waals surface area contributed by atoms with Crippen molar-refractivity contribution in [3.63, 3.8) is 0 Å². The fourth-order valence-corrected chi connectivity index (χ4v) is 2.06. The molecular formula is C13H15N3O4. The fraction of sp³-hybridized carbons (Fsp3) is 0.385. The summed E-state index contributed by atoms with van der Waals surface area (Å²) in [6.07, 6.45) is 1.38. The third kappa shape index (κ3) is 2.76. The molecule has 0 aromatic carbocycles. The molecule has 7 nitrogen and oxygen atoms in total. The quantitative estimate of drug-likeness (QED) is 0.782. The molecule has 1 aromatic rings. The lowest BCUT2D eigenvalue weighted by Gasteiger charge is -2.12. The van der Waals surface area contributed by atoms with E-state index in [1.165, 1.54) is 12.1 Å². The number of hydrogen-bond donors (Lipinski definition) is 2. The van der Waals surface area contributed by atoms with E-state index in [4.69, 9.17) is 5.11 Å². The molecule has 1 aromatic heterocycles. The molecule has 2 heterocycles. The summed E-state index contributed by atoms with van der Waals surface area (Å²) in [4.78, 5) is 39.6. The van der Waals surface area contributed by atoms with Crippen molar-refractivity contribution in [2.45, 2.75) is 32.4 Å². The van der Waals surface area contributed by atoms with E-state index in [0.29, 0.717) is 12.1 Å². The number of hydrogen-bond acceptors (Lipinski definition) is 4. The van der Waals surface area contributed by atoms with Gasteiger partial charge >= 0.3 is 12.0 Å². The number of nitrogens with zero attached hydrogens (tertiary/aromatic N) is 2. The van der Waals surface area contributed by atoms with Gasteiger partial charge in [0.05, 0.1) is 12.2 Å². The molecular weight excluding hydrogens is 262 g/mol. The maximum absolute atomic E-state index is 12.0. The highest BCUT2D eigenvalue weighted by atomic mass is 16.4. The van der Waals surface area contributed by atoms with E-state index in [2.05, 4.69) is 10.3 Å². The number of carboxylic acids is 1. The molecule has 1 unspecified atom stereocenters. The molecule has 3 amide bonds. The summed E-state index contributed by atoms with van der Waals surface area (Å²) in [5.41, 5.74) is 0.255. The lowest BCUT2D eigenvalue weighted by molar-refractivity contribution is -0.128. The lowest BCUT2D eigenvalue weighted by Crippen LogP contribution is -2.31. The van der Waals surface area contributed by atoms with Gasteiger partial charge in [-0.05, 0) is 18.6 Å². The average Bonchev–Trinajstić information content (AvgIpc) is 2.67. The van der Waals surface area contributed by atoms with Gasteiger partial charge in [0.25, 0.3) is 5.91 Å². The monoisotopic (exact) mass is 277 g/mol. The lowest BCUT2D eigenvalue weighted by atomic mass is 10.1. The third-order valence-electron chi connectivity index (χ3n) is 3.03. The number of nitrogens with one attached hydrogen (secondary N) is 1. The minimum atomic E-state index is -1.15. The van der Waals surface area contributed by atoms with Crippen LogP contribution in [0.3, 0.4) is 0 Å². The number of aromatic nitrogens is 1. The molecule has 0 aliphatic carbocycles. The van der Waals surface area contributed by atoms with E-state index in [1.807, 2.05) is 6.92 Å². The van der Waals surface area contributed by atoms with E-state index in [-0.39, 0.29) is 18.1 Å². The second-order valence-electron chi connectivity index (χ2n) is 4.53. The van der Waals surface area contributed by atoms with Crippen LogP contribution in [0.15, 0.2) is 18.2 Å². The number of rotatable bonds is 5. The Morgan fingerprint density at radius 2 is 2.20 bits per heavy atom. The molecule has 0 saturated carbocycles. The van der Waals surface area contributed by atoms with Crippen molar-refractivity contribution < 1.29 is 19.5 Å². The molecule has 2 rings (SSSR count). The number of amides is 3. The van der Waals surface area contributed by atoms with Crippen LogP contribution in [-0.2, 0) is 11.3 Å². The Kier molecular flexibility index (Phi) is 3.97. The Labute approximate surface area is 115 Å². The minimum Gasteiger partial charge on any atom is -0.477 e. The van der Waals surface area contributed by atoms with Crippen LogP contribution >= 0.6 is 0 Å². The first-order valence-corrected chi connectivity index (χ1v) is 6.34. The molecule has 1 saturated heterocycles. The van der Waals surface area contributed by atoms with Crippen molar-refractivity contribution in [2.75, 3.05) is 0 Å². The molecule has 7 heteroatoms. The average molecular weight is 277 g/mol. The molecule has 106 valence electrons. The highest BCUT2D eigenvalue weighted by Gasteiger charge is 2.37. The Bertz CT molecular complexity index is 558. The molecule has 20 heavy (non-hydrogen) atoms. The summed E-state index contributed by atoms with van der Waals surface area (Å²) in [5, 5.41) is 11.5. The van der Waals surface area contributed by atoms with E-state index < -0.39 is 18.0 Å². The fourth-order valence-electron chi connectivity index (χ4n) is 2.06. The van der Waals surface area contributed by atoms with Crippen LogP contribution in [0.4, 0.5) is 4.79 Å². The van der Waals surface area contributed by atoms with Gasteiger partial charge in [-0.1, -0.05) is 19.4 Å². The second kappa shape index (κ2) is 5.68. The summed E-state index contributed by atoms with van der Waals surface area (Å²) in [7, 11) is 0. The van der Waals surface area contributed by atoms with Crippen LogP contribution in [0.1, 0.15) is 35.9 Å². The van der Waals surface area contributed by atoms with Crippen LogP contribution < -0.4 is 5.32 Å². The van der Waals surface area contributed by atoms with Gasteiger partial charge in [-0.3, -0.25) is 9.69 Å². The molecule has 1 aliphatic rings. The van der Waals surface area contributed by atoms with Gasteiger partial charge in [0.1, 0.15) is 11.7 Å². The van der Waals surface area contributed by atoms with Gasteiger partial charge in [0.15, 0.2) is 0 Å². The summed E-state index contributed by atoms with van der Waals surface area (Å²) < 4.78 is 0. The molecule has 0 bridgehead atoms. The van der Waals surface area contributed by atoms with Gasteiger partial charge in [0, 0.05) is 0 Å². The Hall–Kier alpha value is -2.44. The minimum absolute atomic E-state index is 0.0218. The zero-order chi connectivity index (χ0) is 14.7. The third-order valence-corrected chi connectivity index (χ3v) is 3.03. The first-order valence-electron chi connectivity index (χ1n) is 6.34. The number of imide groups is 1. The Morgan fingerprint density at radius 3 is 2.85 bits per heavy atom. The molecule has 1 fully saturated rings. The van der Waals surface area contributed by atoms with Crippen molar-refractivity contribution in [1.82, 2.24) is 15.2 Å². The molecule has 1 atom stereocenters. The molecule has 1 aliphatic heterocycles. The van der Waals surface area contributed by atoms with Crippen molar-refractivity contribution in [2.24, 2.45) is 0 Å². The van der Waals surface area contributed by atoms with Crippen LogP contribution in [0.25, 0.3) is 0 Å². The van der Waals surface area contributed by atoms with E-state index in [1.54, 1.807) is 6.07 Å². The summed E-state index contributed by atoms with van der Waals surface area (Å²) >= 11 is 0. The highest BCUT2D eigenvalue weighted by molar-refractivity contribution is 6.04. The normalized spacial score (nSPS) is 18.2. The number of aromatic carboxylic acids is 1. The van der Waals surface area contributed by atoms with E-state index >= 15 is 0 Å². The van der Waals surface area contributed by atoms with Crippen molar-refractivity contribution in [3.05, 3.63) is 29.6 Å². The molecule has 2 N–H and O–H groups in total.